The zero-order valence-electron chi connectivity index (χ0n) is 8.98. The van der Waals surface area contributed by atoms with Crippen LogP contribution < -0.4 is 0 Å². The molecule has 0 atom stereocenters. The lowest BCUT2D eigenvalue weighted by Gasteiger charge is -1.94. The first-order valence-corrected chi connectivity index (χ1v) is 5.80. The molecule has 17 heavy (non-hydrogen) atoms. The number of aromatic amines is 1. The van der Waals surface area contributed by atoms with Crippen LogP contribution in [0.3, 0.4) is 0 Å². The molecule has 1 N–H and O–H groups in total. The number of carbonyl (C=O) groups excluding carboxylic acids is 1. The van der Waals surface area contributed by atoms with Gasteiger partial charge in [-0.3, -0.25) is 4.79 Å². The van der Waals surface area contributed by atoms with Crippen molar-refractivity contribution < 1.29 is 9.18 Å². The minimum absolute atomic E-state index is 0.0628. The minimum Gasteiger partial charge on any atom is -0.315 e. The number of ketones is 1. The van der Waals surface area contributed by atoms with Gasteiger partial charge in [0.15, 0.2) is 11.0 Å². The smallest absolute Gasteiger partial charge is 0.189 e. The van der Waals surface area contributed by atoms with Gasteiger partial charge >= 0.3 is 0 Å². The van der Waals surface area contributed by atoms with Gasteiger partial charge in [0.1, 0.15) is 17.3 Å². The van der Waals surface area contributed by atoms with Crippen LogP contribution in [0.2, 0.25) is 0 Å². The number of rotatable bonds is 4. The molecule has 0 radical (unpaired) electrons. The molecule has 88 valence electrons. The van der Waals surface area contributed by atoms with Gasteiger partial charge in [-0.2, -0.15) is 0 Å². The maximum absolute atomic E-state index is 12.7. The zero-order valence-corrected chi connectivity index (χ0v) is 9.79. The maximum Gasteiger partial charge on any atom is 0.189 e. The second-order valence-corrected chi connectivity index (χ2v) is 4.30. The van der Waals surface area contributed by atoms with Crippen LogP contribution in [0, 0.1) is 5.82 Å². The van der Waals surface area contributed by atoms with E-state index in [2.05, 4.69) is 20.2 Å². The van der Waals surface area contributed by atoms with Gasteiger partial charge in [0.25, 0.3) is 0 Å². The van der Waals surface area contributed by atoms with E-state index < -0.39 is 5.82 Å². The normalized spacial score (nSPS) is 10.5. The first-order chi connectivity index (χ1) is 8.15. The standard InChI is InChI=1S/C10H9FN4OS/c1-6(16)5-17-10-13-9(14-15-10)8-3-2-7(11)4-12-8/h2-4H,5H2,1H3,(H,13,14,15). The number of carbonyl (C=O) groups is 1. The Labute approximate surface area is 101 Å². The molecule has 0 aliphatic carbocycles. The third-order valence-corrected chi connectivity index (χ3v) is 2.86. The van der Waals surface area contributed by atoms with Crippen LogP contribution in [0.25, 0.3) is 11.5 Å². The molecule has 0 unspecified atom stereocenters. The van der Waals surface area contributed by atoms with Crippen molar-refractivity contribution in [3.63, 3.8) is 0 Å². The highest BCUT2D eigenvalue weighted by Gasteiger charge is 2.07. The van der Waals surface area contributed by atoms with E-state index >= 15 is 0 Å². The van der Waals surface area contributed by atoms with Crippen molar-refractivity contribution in [2.75, 3.05) is 5.75 Å². The fraction of sp³-hybridized carbons (Fsp3) is 0.200. The summed E-state index contributed by atoms with van der Waals surface area (Å²) in [7, 11) is 0. The summed E-state index contributed by atoms with van der Waals surface area (Å²) in [6.07, 6.45) is 1.11. The van der Waals surface area contributed by atoms with Crippen LogP contribution in [0.5, 0.6) is 0 Å². The molecule has 0 bridgehead atoms. The molecule has 0 aliphatic rings. The van der Waals surface area contributed by atoms with Gasteiger partial charge in [-0.15, -0.1) is 10.2 Å². The Hall–Kier alpha value is -1.76. The van der Waals surface area contributed by atoms with Crippen molar-refractivity contribution in [1.82, 2.24) is 20.2 Å². The lowest BCUT2D eigenvalue weighted by molar-refractivity contribution is -0.114. The second-order valence-electron chi connectivity index (χ2n) is 3.33. The van der Waals surface area contributed by atoms with Crippen LogP contribution in [0.15, 0.2) is 23.5 Å². The second kappa shape index (κ2) is 5.05. The van der Waals surface area contributed by atoms with Crippen LogP contribution in [-0.4, -0.2) is 31.7 Å². The lowest BCUT2D eigenvalue weighted by Crippen LogP contribution is -1.93. The minimum atomic E-state index is -0.403. The van der Waals surface area contributed by atoms with E-state index in [1.165, 1.54) is 30.8 Å². The average molecular weight is 252 g/mol. The highest BCUT2D eigenvalue weighted by Crippen LogP contribution is 2.17. The number of pyridine rings is 1. The molecule has 5 nitrogen and oxygen atoms in total. The van der Waals surface area contributed by atoms with Gasteiger partial charge in [0, 0.05) is 0 Å². The van der Waals surface area contributed by atoms with Crippen molar-refractivity contribution in [3.05, 3.63) is 24.1 Å². The Morgan fingerprint density at radius 3 is 2.94 bits per heavy atom. The highest BCUT2D eigenvalue weighted by molar-refractivity contribution is 7.99. The molecule has 2 aromatic rings. The van der Waals surface area contributed by atoms with Gasteiger partial charge in [-0.25, -0.2) is 9.37 Å². The number of halogens is 1. The van der Waals surface area contributed by atoms with Gasteiger partial charge < -0.3 is 4.98 Å². The Morgan fingerprint density at radius 2 is 2.29 bits per heavy atom. The fourth-order valence-corrected chi connectivity index (χ4v) is 1.72. The first-order valence-electron chi connectivity index (χ1n) is 4.82. The van der Waals surface area contributed by atoms with Gasteiger partial charge in [-0.05, 0) is 19.1 Å². The van der Waals surface area contributed by atoms with E-state index in [-0.39, 0.29) is 5.78 Å². The molecule has 0 amide bonds. The van der Waals surface area contributed by atoms with Crippen molar-refractivity contribution in [2.24, 2.45) is 0 Å². The molecule has 0 saturated carbocycles. The molecule has 2 aromatic heterocycles. The van der Waals surface area contributed by atoms with E-state index in [0.29, 0.717) is 22.4 Å². The van der Waals surface area contributed by atoms with Crippen molar-refractivity contribution in [3.8, 4) is 11.5 Å². The van der Waals surface area contributed by atoms with Crippen molar-refractivity contribution >= 4 is 17.5 Å². The quantitative estimate of drug-likeness (QED) is 0.838. The number of hydrogen-bond donors (Lipinski definition) is 1. The number of nitrogens with zero attached hydrogens (tertiary/aromatic N) is 3. The molecule has 0 saturated heterocycles. The molecule has 0 aliphatic heterocycles. The highest BCUT2D eigenvalue weighted by atomic mass is 32.2. The number of thioether (sulfide) groups is 1. The molecular formula is C10H9FN4OS. The van der Waals surface area contributed by atoms with E-state index in [0.717, 1.165) is 6.20 Å². The molecule has 0 spiro atoms. The summed E-state index contributed by atoms with van der Waals surface area (Å²) < 4.78 is 12.7. The van der Waals surface area contributed by atoms with Crippen molar-refractivity contribution in [2.45, 2.75) is 12.1 Å². The van der Waals surface area contributed by atoms with Gasteiger partial charge in [0.05, 0.1) is 11.9 Å². The van der Waals surface area contributed by atoms with Crippen LogP contribution >= 0.6 is 11.8 Å². The summed E-state index contributed by atoms with van der Waals surface area (Å²) in [4.78, 5) is 17.6. The first kappa shape index (κ1) is 11.7. The van der Waals surface area contributed by atoms with Crippen LogP contribution in [-0.2, 0) is 4.79 Å². The maximum atomic E-state index is 12.7. The van der Waals surface area contributed by atoms with Crippen molar-refractivity contribution in [1.29, 1.82) is 0 Å². The SMILES string of the molecule is CC(=O)CSc1nnc(-c2ccc(F)cn2)[nH]1. The molecule has 0 fully saturated rings. The number of aromatic nitrogens is 4. The van der Waals surface area contributed by atoms with Gasteiger partial charge in [0.2, 0.25) is 0 Å². The molecule has 2 rings (SSSR count). The number of Topliss-reactive ketones (excluding diaryl/α,β-unsaturated/α-hetero) is 1. The Morgan fingerprint density at radius 1 is 1.47 bits per heavy atom. The van der Waals surface area contributed by atoms with E-state index in [9.17, 15) is 9.18 Å². The number of hydrogen-bond acceptors (Lipinski definition) is 5. The molecule has 0 aromatic carbocycles. The fourth-order valence-electron chi connectivity index (χ4n) is 1.11. The predicted octanol–water partition coefficient (Wildman–Crippen LogP) is 1.69. The zero-order chi connectivity index (χ0) is 12.3. The van der Waals surface area contributed by atoms with Gasteiger partial charge in [-0.1, -0.05) is 11.8 Å². The lowest BCUT2D eigenvalue weighted by atomic mass is 10.3. The average Bonchev–Trinajstić information content (AvgIpc) is 2.76. The summed E-state index contributed by atoms with van der Waals surface area (Å²) in [6, 6.07) is 2.81. The predicted molar refractivity (Wildman–Crippen MR) is 61.0 cm³/mol. The monoisotopic (exact) mass is 252 g/mol. The number of nitrogens with one attached hydrogen (secondary N) is 1. The third kappa shape index (κ3) is 3.10. The molecule has 7 heteroatoms. The number of H-pyrrole nitrogens is 1. The topological polar surface area (TPSA) is 71.5 Å². The summed E-state index contributed by atoms with van der Waals surface area (Å²) in [6.45, 7) is 1.51. The molecular weight excluding hydrogens is 243 g/mol. The van der Waals surface area contributed by atoms with E-state index in [1.807, 2.05) is 0 Å². The van der Waals surface area contributed by atoms with E-state index in [4.69, 9.17) is 0 Å². The van der Waals surface area contributed by atoms with Crippen LogP contribution in [0.1, 0.15) is 6.92 Å². The molecule has 2 heterocycles. The third-order valence-electron chi connectivity index (χ3n) is 1.85. The van der Waals surface area contributed by atoms with Crippen LogP contribution in [0.4, 0.5) is 4.39 Å². The van der Waals surface area contributed by atoms with E-state index in [1.54, 1.807) is 0 Å². The summed E-state index contributed by atoms with van der Waals surface area (Å²) in [5, 5.41) is 8.27. The summed E-state index contributed by atoms with van der Waals surface area (Å²) in [5.74, 6) is 0.453. The summed E-state index contributed by atoms with van der Waals surface area (Å²) >= 11 is 1.27. The Balaban J connectivity index is 2.12. The largest absolute Gasteiger partial charge is 0.315 e. The Kier molecular flexibility index (Phi) is 3.48. The summed E-state index contributed by atoms with van der Waals surface area (Å²) in [5.41, 5.74) is 0.508. The Bertz CT molecular complexity index is 525.